The summed E-state index contributed by atoms with van der Waals surface area (Å²) < 4.78 is 11.0. The Morgan fingerprint density at radius 2 is 1.80 bits per heavy atom. The number of carbonyl (C=O) groups excluding carboxylic acids is 1. The summed E-state index contributed by atoms with van der Waals surface area (Å²) in [5.74, 6) is -0.0774. The van der Waals surface area contributed by atoms with Gasteiger partial charge in [-0.1, -0.05) is 12.1 Å². The summed E-state index contributed by atoms with van der Waals surface area (Å²) in [5.41, 5.74) is 1.26. The Bertz CT molecular complexity index is 1120. The molecule has 7 heteroatoms. The quantitative estimate of drug-likeness (QED) is 0.441. The van der Waals surface area contributed by atoms with Crippen molar-refractivity contribution in [1.82, 2.24) is 0 Å². The topological polar surface area (TPSA) is 113 Å². The van der Waals surface area contributed by atoms with Crippen molar-refractivity contribution in [3.05, 3.63) is 77.6 Å². The first-order valence-electron chi connectivity index (χ1n) is 9.09. The fraction of sp³-hybridized carbons (Fsp3) is 0.0870. The third kappa shape index (κ3) is 4.94. The number of benzene rings is 2. The summed E-state index contributed by atoms with van der Waals surface area (Å²) in [7, 11) is 0. The van der Waals surface area contributed by atoms with Crippen LogP contribution in [0, 0.1) is 11.3 Å². The Morgan fingerprint density at radius 3 is 2.40 bits per heavy atom. The smallest absolute Gasteiger partial charge is 0.335 e. The summed E-state index contributed by atoms with van der Waals surface area (Å²) in [6.07, 6.45) is 1.35. The number of anilines is 1. The van der Waals surface area contributed by atoms with Gasteiger partial charge in [-0.3, -0.25) is 4.79 Å². The van der Waals surface area contributed by atoms with Gasteiger partial charge in [0.15, 0.2) is 0 Å². The lowest BCUT2D eigenvalue weighted by molar-refractivity contribution is -0.112. The minimum atomic E-state index is -1.01. The summed E-state index contributed by atoms with van der Waals surface area (Å²) in [5, 5.41) is 21.0. The monoisotopic (exact) mass is 402 g/mol. The van der Waals surface area contributed by atoms with E-state index in [2.05, 4.69) is 5.32 Å². The first-order valence-corrected chi connectivity index (χ1v) is 9.09. The highest BCUT2D eigenvalue weighted by molar-refractivity contribution is 6.09. The fourth-order valence-corrected chi connectivity index (χ4v) is 2.65. The Labute approximate surface area is 172 Å². The number of carboxylic acids is 1. The number of furan rings is 1. The Hall–Kier alpha value is -4.31. The van der Waals surface area contributed by atoms with Gasteiger partial charge in [-0.2, -0.15) is 5.26 Å². The van der Waals surface area contributed by atoms with Crippen LogP contribution in [-0.2, 0) is 4.79 Å². The lowest BCUT2D eigenvalue weighted by atomic mass is 10.1. The van der Waals surface area contributed by atoms with Crippen molar-refractivity contribution in [3.8, 4) is 23.1 Å². The number of carboxylic acid groups (broad SMARTS) is 1. The van der Waals surface area contributed by atoms with Gasteiger partial charge in [0.2, 0.25) is 0 Å². The third-order valence-electron chi connectivity index (χ3n) is 4.12. The van der Waals surface area contributed by atoms with E-state index in [1.807, 2.05) is 13.0 Å². The van der Waals surface area contributed by atoms with Crippen molar-refractivity contribution in [2.24, 2.45) is 0 Å². The van der Waals surface area contributed by atoms with Gasteiger partial charge in [-0.25, -0.2) is 4.79 Å². The minimum Gasteiger partial charge on any atom is -0.494 e. The highest BCUT2D eigenvalue weighted by Crippen LogP contribution is 2.24. The van der Waals surface area contributed by atoms with Crippen molar-refractivity contribution >= 4 is 23.6 Å². The zero-order valence-corrected chi connectivity index (χ0v) is 16.1. The van der Waals surface area contributed by atoms with Crippen molar-refractivity contribution in [2.75, 3.05) is 11.9 Å². The van der Waals surface area contributed by atoms with Crippen LogP contribution in [0.3, 0.4) is 0 Å². The average Bonchev–Trinajstić information content (AvgIpc) is 3.22. The van der Waals surface area contributed by atoms with Gasteiger partial charge in [-0.05, 0) is 55.5 Å². The molecule has 1 heterocycles. The molecule has 0 radical (unpaired) electrons. The fourth-order valence-electron chi connectivity index (χ4n) is 2.65. The predicted molar refractivity (Wildman–Crippen MR) is 111 cm³/mol. The second-order valence-corrected chi connectivity index (χ2v) is 6.17. The summed E-state index contributed by atoms with van der Waals surface area (Å²) in [6.45, 7) is 2.42. The van der Waals surface area contributed by atoms with E-state index < -0.39 is 11.9 Å². The zero-order valence-electron chi connectivity index (χ0n) is 16.1. The van der Waals surface area contributed by atoms with E-state index in [4.69, 9.17) is 14.3 Å². The molecule has 2 N–H and O–H groups in total. The number of nitrogens with zero attached hydrogens (tertiary/aromatic N) is 1. The van der Waals surface area contributed by atoms with Crippen LogP contribution in [0.1, 0.15) is 23.0 Å². The number of ether oxygens (including phenoxy) is 1. The molecule has 150 valence electrons. The van der Waals surface area contributed by atoms with E-state index >= 15 is 0 Å². The first kappa shape index (κ1) is 20.4. The number of nitriles is 1. The van der Waals surface area contributed by atoms with Crippen LogP contribution in [-0.4, -0.2) is 23.6 Å². The molecule has 0 aliphatic carbocycles. The van der Waals surface area contributed by atoms with Crippen molar-refractivity contribution in [3.63, 3.8) is 0 Å². The molecule has 1 amide bonds. The summed E-state index contributed by atoms with van der Waals surface area (Å²) in [6, 6.07) is 18.2. The zero-order chi connectivity index (χ0) is 21.5. The molecule has 0 fully saturated rings. The number of hydrogen-bond acceptors (Lipinski definition) is 5. The average molecular weight is 402 g/mol. The van der Waals surface area contributed by atoms with Crippen LogP contribution in [0.4, 0.5) is 5.69 Å². The molecule has 0 saturated carbocycles. The summed E-state index contributed by atoms with van der Waals surface area (Å²) in [4.78, 5) is 23.3. The minimum absolute atomic E-state index is 0.119. The van der Waals surface area contributed by atoms with E-state index in [-0.39, 0.29) is 11.1 Å². The van der Waals surface area contributed by atoms with E-state index in [9.17, 15) is 14.9 Å². The highest BCUT2D eigenvalue weighted by Gasteiger charge is 2.12. The van der Waals surface area contributed by atoms with E-state index in [0.717, 1.165) is 0 Å². The molecule has 3 rings (SSSR count). The van der Waals surface area contributed by atoms with Crippen LogP contribution < -0.4 is 10.1 Å². The van der Waals surface area contributed by atoms with E-state index in [0.29, 0.717) is 35.1 Å². The molecule has 7 nitrogen and oxygen atoms in total. The molecule has 3 aromatic rings. The van der Waals surface area contributed by atoms with Crippen LogP contribution in [0.2, 0.25) is 0 Å². The molecule has 0 spiro atoms. The summed E-state index contributed by atoms with van der Waals surface area (Å²) >= 11 is 0. The highest BCUT2D eigenvalue weighted by atomic mass is 16.5. The van der Waals surface area contributed by atoms with Gasteiger partial charge in [0, 0.05) is 17.3 Å². The second-order valence-electron chi connectivity index (χ2n) is 6.17. The lowest BCUT2D eigenvalue weighted by Gasteiger charge is -2.06. The maximum absolute atomic E-state index is 12.4. The maximum Gasteiger partial charge on any atom is 0.335 e. The molecule has 30 heavy (non-hydrogen) atoms. The molecule has 0 aliphatic heterocycles. The predicted octanol–water partition coefficient (Wildman–Crippen LogP) is 4.59. The number of rotatable bonds is 7. The van der Waals surface area contributed by atoms with Crippen molar-refractivity contribution < 1.29 is 23.8 Å². The van der Waals surface area contributed by atoms with Crippen LogP contribution in [0.25, 0.3) is 17.4 Å². The van der Waals surface area contributed by atoms with Crippen molar-refractivity contribution in [2.45, 2.75) is 6.92 Å². The molecule has 0 aliphatic rings. The van der Waals surface area contributed by atoms with Gasteiger partial charge >= 0.3 is 5.97 Å². The van der Waals surface area contributed by atoms with Gasteiger partial charge in [0.1, 0.15) is 28.9 Å². The molecule has 2 aromatic carbocycles. The van der Waals surface area contributed by atoms with Crippen LogP contribution >= 0.6 is 0 Å². The Morgan fingerprint density at radius 1 is 1.10 bits per heavy atom. The number of amides is 1. The number of nitrogens with one attached hydrogen (secondary N) is 1. The Balaban J connectivity index is 1.73. The molecule has 0 unspecified atom stereocenters. The molecule has 0 bridgehead atoms. The van der Waals surface area contributed by atoms with Crippen LogP contribution in [0.15, 0.2) is 70.7 Å². The third-order valence-corrected chi connectivity index (χ3v) is 4.12. The van der Waals surface area contributed by atoms with Gasteiger partial charge < -0.3 is 19.6 Å². The van der Waals surface area contributed by atoms with Gasteiger partial charge in [0.25, 0.3) is 5.91 Å². The maximum atomic E-state index is 12.4. The SMILES string of the molecule is CCOc1ccc(NC(=O)C(C#N)=Cc2ccc(-c3ccc(C(=O)O)cc3)o2)cc1. The van der Waals surface area contributed by atoms with E-state index in [1.54, 1.807) is 48.5 Å². The molecule has 0 saturated heterocycles. The van der Waals surface area contributed by atoms with E-state index in [1.165, 1.54) is 18.2 Å². The standard InChI is InChI=1S/C23H18N2O5/c1-2-29-19-9-7-18(8-10-19)25-22(26)17(14-24)13-20-11-12-21(30-20)15-3-5-16(6-4-15)23(27)28/h3-13H,2H2,1H3,(H,25,26)(H,27,28). The second kappa shape index (κ2) is 9.26. The molecule has 1 aromatic heterocycles. The largest absolute Gasteiger partial charge is 0.494 e. The Kier molecular flexibility index (Phi) is 6.30. The molecular weight excluding hydrogens is 384 g/mol. The number of hydrogen-bond donors (Lipinski definition) is 2. The molecule has 0 atom stereocenters. The number of aromatic carboxylic acids is 1. The first-order chi connectivity index (χ1) is 14.5. The van der Waals surface area contributed by atoms with Gasteiger partial charge in [0.05, 0.1) is 12.2 Å². The van der Waals surface area contributed by atoms with Gasteiger partial charge in [-0.15, -0.1) is 0 Å². The molecular formula is C23H18N2O5. The number of carbonyl (C=O) groups is 2. The van der Waals surface area contributed by atoms with Crippen molar-refractivity contribution in [1.29, 1.82) is 5.26 Å². The lowest BCUT2D eigenvalue weighted by Crippen LogP contribution is -2.13. The van der Waals surface area contributed by atoms with Crippen LogP contribution in [0.5, 0.6) is 5.75 Å². The normalized spacial score (nSPS) is 10.9.